The molecule has 0 spiro atoms. The lowest BCUT2D eigenvalue weighted by Gasteiger charge is -2.26. The average molecular weight is 440 g/mol. The lowest BCUT2D eigenvalue weighted by Crippen LogP contribution is -2.30. The van der Waals surface area contributed by atoms with E-state index in [2.05, 4.69) is 24.3 Å². The lowest BCUT2D eigenvalue weighted by atomic mass is 9.98. The first-order valence-corrected chi connectivity index (χ1v) is 11.5. The van der Waals surface area contributed by atoms with Crippen LogP contribution >= 0.6 is 0 Å². The van der Waals surface area contributed by atoms with Gasteiger partial charge in [-0.1, -0.05) is 60.7 Å². The number of carbonyl (C=O) groups is 1. The molecule has 0 atom stereocenters. The molecule has 0 radical (unpaired) electrons. The number of ether oxygens (including phenoxy) is 2. The number of hydrogen-bond acceptors (Lipinski definition) is 4. The summed E-state index contributed by atoms with van der Waals surface area (Å²) in [5, 5.41) is 10.5. The number of aromatic hydroxyl groups is 1. The molecule has 1 aliphatic carbocycles. The number of amides is 1. The Bertz CT molecular complexity index is 1230. The molecule has 1 fully saturated rings. The van der Waals surface area contributed by atoms with E-state index in [9.17, 15) is 9.90 Å². The van der Waals surface area contributed by atoms with Crippen molar-refractivity contribution in [2.75, 3.05) is 19.8 Å². The molecule has 1 amide bonds. The van der Waals surface area contributed by atoms with Crippen molar-refractivity contribution in [3.05, 3.63) is 94.7 Å². The number of likely N-dealkylation sites (tertiary alicyclic amines) is 1. The zero-order chi connectivity index (χ0) is 22.4. The summed E-state index contributed by atoms with van der Waals surface area (Å²) in [5.41, 5.74) is 7.36. The van der Waals surface area contributed by atoms with Crippen molar-refractivity contribution in [3.8, 4) is 16.9 Å². The Balaban J connectivity index is 1.27. The van der Waals surface area contributed by atoms with Gasteiger partial charge in [-0.2, -0.15) is 0 Å². The first-order valence-electron chi connectivity index (χ1n) is 11.5. The Morgan fingerprint density at radius 1 is 0.970 bits per heavy atom. The summed E-state index contributed by atoms with van der Waals surface area (Å²) >= 11 is 0. The molecule has 5 nitrogen and oxygen atoms in total. The van der Waals surface area contributed by atoms with Crippen LogP contribution < -0.4 is 0 Å². The fourth-order valence-electron chi connectivity index (χ4n) is 5.40. The standard InChI is InChI=1S/C28H25NO4/c30-25-13-5-7-18-14-16-32-27(26(18)25)24-12-6-15-29(24)28(31)33-17-23-21-10-3-1-8-19(21)20-9-2-4-11-22(20)23/h1-5,7-11,13,23,30H,6,12,14-17H2/b27-24-. The van der Waals surface area contributed by atoms with Crippen LogP contribution in [0, 0.1) is 0 Å². The summed E-state index contributed by atoms with van der Waals surface area (Å²) in [5.74, 6) is 0.824. The molecule has 3 aliphatic rings. The van der Waals surface area contributed by atoms with Gasteiger partial charge >= 0.3 is 6.09 Å². The average Bonchev–Trinajstić information content (AvgIpc) is 3.46. The van der Waals surface area contributed by atoms with Crippen molar-refractivity contribution in [1.82, 2.24) is 4.90 Å². The monoisotopic (exact) mass is 439 g/mol. The number of phenols is 1. The van der Waals surface area contributed by atoms with E-state index in [1.165, 1.54) is 22.3 Å². The van der Waals surface area contributed by atoms with Gasteiger partial charge in [0, 0.05) is 18.9 Å². The quantitative estimate of drug-likeness (QED) is 0.558. The minimum atomic E-state index is -0.358. The molecule has 1 N–H and O–H groups in total. The van der Waals surface area contributed by atoms with Gasteiger partial charge in [0.25, 0.3) is 0 Å². The Hall–Kier alpha value is -3.73. The van der Waals surface area contributed by atoms with Crippen LogP contribution in [-0.4, -0.2) is 35.9 Å². The van der Waals surface area contributed by atoms with Crippen molar-refractivity contribution >= 4 is 11.9 Å². The number of phenolic OH excluding ortho intramolecular Hbond substituents is 1. The fourth-order valence-corrected chi connectivity index (χ4v) is 5.40. The normalized spacial score (nSPS) is 19.0. The van der Waals surface area contributed by atoms with Crippen LogP contribution in [0.4, 0.5) is 4.79 Å². The van der Waals surface area contributed by atoms with Crippen molar-refractivity contribution in [1.29, 1.82) is 0 Å². The molecule has 166 valence electrons. The molecule has 0 aromatic heterocycles. The molecule has 0 saturated carbocycles. The molecule has 0 bridgehead atoms. The molecule has 2 aliphatic heterocycles. The molecule has 3 aromatic rings. The van der Waals surface area contributed by atoms with Gasteiger partial charge in [-0.05, 0) is 46.7 Å². The number of rotatable bonds is 2. The number of benzene rings is 3. The highest BCUT2D eigenvalue weighted by Crippen LogP contribution is 2.45. The number of fused-ring (bicyclic) bond motifs is 4. The van der Waals surface area contributed by atoms with Gasteiger partial charge in [0.05, 0.1) is 17.9 Å². The first-order chi connectivity index (χ1) is 16.2. The summed E-state index contributed by atoms with van der Waals surface area (Å²) < 4.78 is 11.9. The van der Waals surface area contributed by atoms with Gasteiger partial charge in [-0.25, -0.2) is 4.79 Å². The zero-order valence-electron chi connectivity index (χ0n) is 18.3. The number of hydrogen-bond donors (Lipinski definition) is 1. The molecule has 6 rings (SSSR count). The molecule has 5 heteroatoms. The van der Waals surface area contributed by atoms with E-state index < -0.39 is 0 Å². The van der Waals surface area contributed by atoms with E-state index in [-0.39, 0.29) is 24.4 Å². The van der Waals surface area contributed by atoms with E-state index in [4.69, 9.17) is 9.47 Å². The molecular formula is C28H25NO4. The van der Waals surface area contributed by atoms with Gasteiger partial charge in [-0.3, -0.25) is 4.90 Å². The number of nitrogens with zero attached hydrogens (tertiary/aromatic N) is 1. The maximum atomic E-state index is 13.2. The second-order valence-electron chi connectivity index (χ2n) is 8.74. The van der Waals surface area contributed by atoms with Gasteiger partial charge < -0.3 is 14.6 Å². The summed E-state index contributed by atoms with van der Waals surface area (Å²) in [4.78, 5) is 14.9. The molecule has 3 aromatic carbocycles. The molecule has 0 unspecified atom stereocenters. The predicted octanol–water partition coefficient (Wildman–Crippen LogP) is 5.68. The van der Waals surface area contributed by atoms with Crippen LogP contribution in [0.25, 0.3) is 16.9 Å². The van der Waals surface area contributed by atoms with E-state index in [1.54, 1.807) is 11.0 Å². The minimum absolute atomic E-state index is 0.0238. The Kier molecular flexibility index (Phi) is 4.83. The summed E-state index contributed by atoms with van der Waals surface area (Å²) in [6, 6.07) is 22.2. The van der Waals surface area contributed by atoms with Crippen LogP contribution in [0.1, 0.15) is 41.0 Å². The van der Waals surface area contributed by atoms with Gasteiger partial charge in [0.2, 0.25) is 0 Å². The van der Waals surface area contributed by atoms with E-state index in [0.717, 1.165) is 24.1 Å². The summed E-state index contributed by atoms with van der Waals surface area (Å²) in [6.45, 7) is 1.41. The third kappa shape index (κ3) is 3.27. The van der Waals surface area contributed by atoms with E-state index in [1.807, 2.05) is 36.4 Å². The minimum Gasteiger partial charge on any atom is -0.507 e. The molecule has 1 saturated heterocycles. The van der Waals surface area contributed by atoms with Gasteiger partial charge in [0.1, 0.15) is 18.1 Å². The first kappa shape index (κ1) is 19.9. The highest BCUT2D eigenvalue weighted by atomic mass is 16.6. The zero-order valence-corrected chi connectivity index (χ0v) is 18.3. The van der Waals surface area contributed by atoms with Gasteiger partial charge in [-0.15, -0.1) is 0 Å². The van der Waals surface area contributed by atoms with Crippen LogP contribution in [0.2, 0.25) is 0 Å². The predicted molar refractivity (Wildman–Crippen MR) is 126 cm³/mol. The second-order valence-corrected chi connectivity index (χ2v) is 8.74. The largest absolute Gasteiger partial charge is 0.507 e. The molecule has 33 heavy (non-hydrogen) atoms. The third-order valence-electron chi connectivity index (χ3n) is 6.91. The van der Waals surface area contributed by atoms with Crippen molar-refractivity contribution in [2.45, 2.75) is 25.2 Å². The smallest absolute Gasteiger partial charge is 0.414 e. The van der Waals surface area contributed by atoms with Crippen molar-refractivity contribution in [3.63, 3.8) is 0 Å². The van der Waals surface area contributed by atoms with Gasteiger partial charge in [0.15, 0.2) is 0 Å². The van der Waals surface area contributed by atoms with E-state index in [0.29, 0.717) is 30.9 Å². The van der Waals surface area contributed by atoms with Crippen molar-refractivity contribution in [2.24, 2.45) is 0 Å². The fraction of sp³-hybridized carbons (Fsp3) is 0.250. The highest BCUT2D eigenvalue weighted by molar-refractivity contribution is 5.80. The van der Waals surface area contributed by atoms with Crippen LogP contribution in [0.5, 0.6) is 5.75 Å². The van der Waals surface area contributed by atoms with E-state index >= 15 is 0 Å². The lowest BCUT2D eigenvalue weighted by molar-refractivity contribution is 0.114. The maximum absolute atomic E-state index is 13.2. The SMILES string of the molecule is O=C(OCC1c2ccccc2-c2ccccc21)N1CCC/C1=C1/OCCc2cccc(O)c21. The molecule has 2 heterocycles. The van der Waals surface area contributed by atoms with Crippen molar-refractivity contribution < 1.29 is 19.4 Å². The molecular weight excluding hydrogens is 414 g/mol. The summed E-state index contributed by atoms with van der Waals surface area (Å²) in [7, 11) is 0. The topological polar surface area (TPSA) is 59.0 Å². The third-order valence-corrected chi connectivity index (χ3v) is 6.91. The Labute approximate surface area is 192 Å². The van der Waals surface area contributed by atoms with Crippen LogP contribution in [0.3, 0.4) is 0 Å². The second kappa shape index (κ2) is 8.00. The Morgan fingerprint density at radius 2 is 1.70 bits per heavy atom. The number of allylic oxidation sites excluding steroid dienone is 1. The van der Waals surface area contributed by atoms with Crippen LogP contribution in [0.15, 0.2) is 72.4 Å². The number of carbonyl (C=O) groups excluding carboxylic acids is 1. The summed E-state index contributed by atoms with van der Waals surface area (Å²) in [6.07, 6.45) is 1.94. The maximum Gasteiger partial charge on any atom is 0.414 e. The Morgan fingerprint density at radius 3 is 2.45 bits per heavy atom. The van der Waals surface area contributed by atoms with Crippen LogP contribution in [-0.2, 0) is 15.9 Å². The highest BCUT2D eigenvalue weighted by Gasteiger charge is 2.34.